The van der Waals surface area contributed by atoms with E-state index in [9.17, 15) is 14.0 Å². The molecule has 0 aliphatic carbocycles. The molecular weight excluding hydrogens is 369 g/mol. The third kappa shape index (κ3) is 5.05. The Labute approximate surface area is 160 Å². The first-order chi connectivity index (χ1) is 13.0. The summed E-state index contributed by atoms with van der Waals surface area (Å²) < 4.78 is 13.8. The first-order valence-corrected chi connectivity index (χ1v) is 8.38. The second-order valence-corrected chi connectivity index (χ2v) is 6.04. The molecule has 27 heavy (non-hydrogen) atoms. The standard InChI is InChI=1S/C20H15ClFN3O2/c21-13-6-11-17(18(22)12-13)19(26)23-15-7-9-16(10-8-15)25-20(27)24-14-4-2-1-3-5-14/h1-12H,(H,23,26)(H2,24,25,27). The third-order valence-corrected chi connectivity index (χ3v) is 3.84. The molecule has 3 amide bonds. The summed E-state index contributed by atoms with van der Waals surface area (Å²) in [6.07, 6.45) is 0. The minimum Gasteiger partial charge on any atom is -0.322 e. The van der Waals surface area contributed by atoms with Gasteiger partial charge in [-0.25, -0.2) is 9.18 Å². The SMILES string of the molecule is O=C(Nc1ccccc1)Nc1ccc(NC(=O)c2ccc(Cl)cc2F)cc1. The zero-order valence-corrected chi connectivity index (χ0v) is 14.8. The zero-order chi connectivity index (χ0) is 19.2. The second-order valence-electron chi connectivity index (χ2n) is 5.60. The molecule has 0 aliphatic rings. The highest BCUT2D eigenvalue weighted by molar-refractivity contribution is 6.30. The number of urea groups is 1. The van der Waals surface area contributed by atoms with Gasteiger partial charge in [0.25, 0.3) is 5.91 Å². The van der Waals surface area contributed by atoms with Crippen molar-refractivity contribution >= 4 is 40.6 Å². The van der Waals surface area contributed by atoms with Gasteiger partial charge in [-0.05, 0) is 54.6 Å². The Hall–Kier alpha value is -3.38. The molecular formula is C20H15ClFN3O2. The number of hydrogen-bond acceptors (Lipinski definition) is 2. The van der Waals surface area contributed by atoms with Crippen LogP contribution in [0.25, 0.3) is 0 Å². The number of carbonyl (C=O) groups is 2. The molecule has 0 fully saturated rings. The van der Waals surface area contributed by atoms with Crippen molar-refractivity contribution in [2.24, 2.45) is 0 Å². The van der Waals surface area contributed by atoms with Crippen LogP contribution in [0, 0.1) is 5.82 Å². The van der Waals surface area contributed by atoms with Gasteiger partial charge in [0.1, 0.15) is 5.82 Å². The fraction of sp³-hybridized carbons (Fsp3) is 0. The van der Waals surface area contributed by atoms with Crippen LogP contribution in [0.3, 0.4) is 0 Å². The van der Waals surface area contributed by atoms with E-state index in [1.165, 1.54) is 12.1 Å². The topological polar surface area (TPSA) is 70.2 Å². The van der Waals surface area contributed by atoms with Crippen LogP contribution in [0.1, 0.15) is 10.4 Å². The van der Waals surface area contributed by atoms with E-state index >= 15 is 0 Å². The van der Waals surface area contributed by atoms with E-state index in [0.29, 0.717) is 17.1 Å². The van der Waals surface area contributed by atoms with Crippen LogP contribution in [0.4, 0.5) is 26.2 Å². The van der Waals surface area contributed by atoms with Crippen LogP contribution in [-0.2, 0) is 0 Å². The summed E-state index contributed by atoms with van der Waals surface area (Å²) in [5.41, 5.74) is 1.56. The molecule has 0 atom stereocenters. The number of hydrogen-bond donors (Lipinski definition) is 3. The van der Waals surface area contributed by atoms with Gasteiger partial charge in [0.15, 0.2) is 0 Å². The Morgan fingerprint density at radius 3 is 1.89 bits per heavy atom. The summed E-state index contributed by atoms with van der Waals surface area (Å²) in [7, 11) is 0. The molecule has 0 unspecified atom stereocenters. The average molecular weight is 384 g/mol. The zero-order valence-electron chi connectivity index (χ0n) is 14.0. The second kappa shape index (κ2) is 8.33. The molecule has 0 saturated heterocycles. The van der Waals surface area contributed by atoms with E-state index < -0.39 is 11.7 Å². The Kier molecular flexibility index (Phi) is 5.68. The molecule has 3 rings (SSSR count). The molecule has 7 heteroatoms. The minimum atomic E-state index is -0.698. The van der Waals surface area contributed by atoms with Crippen molar-refractivity contribution in [2.75, 3.05) is 16.0 Å². The lowest BCUT2D eigenvalue weighted by molar-refractivity contribution is 0.102. The van der Waals surface area contributed by atoms with Crippen molar-refractivity contribution in [3.05, 3.63) is 89.2 Å². The average Bonchev–Trinajstić information content (AvgIpc) is 2.64. The predicted molar refractivity (Wildman–Crippen MR) is 105 cm³/mol. The summed E-state index contributed by atoms with van der Waals surface area (Å²) in [6, 6.07) is 18.9. The van der Waals surface area contributed by atoms with Crippen LogP contribution in [0.15, 0.2) is 72.8 Å². The molecule has 0 aliphatic heterocycles. The fourth-order valence-electron chi connectivity index (χ4n) is 2.32. The summed E-state index contributed by atoms with van der Waals surface area (Å²) >= 11 is 5.68. The fourth-order valence-corrected chi connectivity index (χ4v) is 2.48. The molecule has 0 radical (unpaired) electrons. The van der Waals surface area contributed by atoms with Crippen molar-refractivity contribution in [1.29, 1.82) is 0 Å². The van der Waals surface area contributed by atoms with E-state index in [2.05, 4.69) is 16.0 Å². The maximum absolute atomic E-state index is 13.8. The van der Waals surface area contributed by atoms with Gasteiger partial charge in [-0.15, -0.1) is 0 Å². The highest BCUT2D eigenvalue weighted by atomic mass is 35.5. The first kappa shape index (κ1) is 18.4. The molecule has 136 valence electrons. The first-order valence-electron chi connectivity index (χ1n) is 8.01. The van der Waals surface area contributed by atoms with Crippen LogP contribution in [-0.4, -0.2) is 11.9 Å². The molecule has 0 heterocycles. The van der Waals surface area contributed by atoms with Gasteiger partial charge in [0, 0.05) is 22.1 Å². The highest BCUT2D eigenvalue weighted by Gasteiger charge is 2.12. The van der Waals surface area contributed by atoms with Crippen LogP contribution in [0.5, 0.6) is 0 Å². The molecule has 0 saturated carbocycles. The van der Waals surface area contributed by atoms with E-state index in [1.807, 2.05) is 18.2 Å². The number of amides is 3. The van der Waals surface area contributed by atoms with Crippen molar-refractivity contribution in [1.82, 2.24) is 0 Å². The van der Waals surface area contributed by atoms with E-state index in [1.54, 1.807) is 36.4 Å². The van der Waals surface area contributed by atoms with Crippen LogP contribution < -0.4 is 16.0 Å². The Balaban J connectivity index is 1.60. The van der Waals surface area contributed by atoms with Crippen LogP contribution in [0.2, 0.25) is 5.02 Å². The Morgan fingerprint density at radius 2 is 1.30 bits per heavy atom. The highest BCUT2D eigenvalue weighted by Crippen LogP contribution is 2.18. The Bertz CT molecular complexity index is 963. The van der Waals surface area contributed by atoms with Gasteiger partial charge < -0.3 is 16.0 Å². The number of carbonyl (C=O) groups excluding carboxylic acids is 2. The summed E-state index contributed by atoms with van der Waals surface area (Å²) in [4.78, 5) is 24.1. The molecule has 0 aromatic heterocycles. The number of anilines is 3. The van der Waals surface area contributed by atoms with Crippen molar-refractivity contribution in [3.63, 3.8) is 0 Å². The van der Waals surface area contributed by atoms with Gasteiger partial charge in [0.05, 0.1) is 5.56 Å². The summed E-state index contributed by atoms with van der Waals surface area (Å²) in [5, 5.41) is 8.18. The van der Waals surface area contributed by atoms with E-state index in [0.717, 1.165) is 6.07 Å². The number of rotatable bonds is 4. The van der Waals surface area contributed by atoms with Crippen molar-refractivity contribution in [2.45, 2.75) is 0 Å². The number of halogens is 2. The predicted octanol–water partition coefficient (Wildman–Crippen LogP) is 5.38. The normalized spacial score (nSPS) is 10.1. The monoisotopic (exact) mass is 383 g/mol. The number of nitrogens with one attached hydrogen (secondary N) is 3. The van der Waals surface area contributed by atoms with Crippen LogP contribution >= 0.6 is 11.6 Å². The van der Waals surface area contributed by atoms with E-state index in [4.69, 9.17) is 11.6 Å². The molecule has 3 aromatic rings. The third-order valence-electron chi connectivity index (χ3n) is 3.61. The lowest BCUT2D eigenvalue weighted by Crippen LogP contribution is -2.19. The van der Waals surface area contributed by atoms with Gasteiger partial charge >= 0.3 is 6.03 Å². The quantitative estimate of drug-likeness (QED) is 0.566. The molecule has 5 nitrogen and oxygen atoms in total. The summed E-state index contributed by atoms with van der Waals surface area (Å²) in [6.45, 7) is 0. The van der Waals surface area contributed by atoms with E-state index in [-0.39, 0.29) is 16.6 Å². The maximum atomic E-state index is 13.8. The molecule has 3 N–H and O–H groups in total. The lowest BCUT2D eigenvalue weighted by atomic mass is 10.2. The van der Waals surface area contributed by atoms with Gasteiger partial charge in [-0.3, -0.25) is 4.79 Å². The van der Waals surface area contributed by atoms with Gasteiger partial charge in [0.2, 0.25) is 0 Å². The minimum absolute atomic E-state index is 0.108. The summed E-state index contributed by atoms with van der Waals surface area (Å²) in [5.74, 6) is -1.29. The van der Waals surface area contributed by atoms with Crippen molar-refractivity contribution in [3.8, 4) is 0 Å². The van der Waals surface area contributed by atoms with Gasteiger partial charge in [-0.1, -0.05) is 29.8 Å². The number of para-hydroxylation sites is 1. The maximum Gasteiger partial charge on any atom is 0.323 e. The largest absolute Gasteiger partial charge is 0.323 e. The lowest BCUT2D eigenvalue weighted by Gasteiger charge is -2.09. The molecule has 0 bridgehead atoms. The number of benzene rings is 3. The van der Waals surface area contributed by atoms with Crippen molar-refractivity contribution < 1.29 is 14.0 Å². The smallest absolute Gasteiger partial charge is 0.322 e. The molecule has 3 aromatic carbocycles. The Morgan fingerprint density at radius 1 is 0.741 bits per heavy atom. The molecule has 0 spiro atoms. The van der Waals surface area contributed by atoms with Gasteiger partial charge in [-0.2, -0.15) is 0 Å².